The van der Waals surface area contributed by atoms with Crippen LogP contribution >= 0.6 is 0 Å². The summed E-state index contributed by atoms with van der Waals surface area (Å²) in [6.07, 6.45) is 2.82. The first kappa shape index (κ1) is 15.3. The highest BCUT2D eigenvalue weighted by atomic mass is 32.2. The predicted molar refractivity (Wildman–Crippen MR) is 74.4 cm³/mol. The summed E-state index contributed by atoms with van der Waals surface area (Å²) >= 11 is 0. The van der Waals surface area contributed by atoms with Crippen LogP contribution in [0.3, 0.4) is 0 Å². The van der Waals surface area contributed by atoms with Crippen LogP contribution in [0.2, 0.25) is 0 Å². The highest BCUT2D eigenvalue weighted by molar-refractivity contribution is 7.89. The molecule has 0 saturated heterocycles. The summed E-state index contributed by atoms with van der Waals surface area (Å²) in [6, 6.07) is 3.50. The molecule has 0 amide bonds. The summed E-state index contributed by atoms with van der Waals surface area (Å²) in [6.45, 7) is 4.38. The van der Waals surface area contributed by atoms with Gasteiger partial charge >= 0.3 is 0 Å². The Bertz CT molecular complexity index is 588. The molecule has 0 aliphatic heterocycles. The molecule has 0 radical (unpaired) electrons. The Morgan fingerprint density at radius 3 is 2.50 bits per heavy atom. The Balaban J connectivity index is 2.11. The van der Waals surface area contributed by atoms with Crippen molar-refractivity contribution in [2.45, 2.75) is 44.1 Å². The van der Waals surface area contributed by atoms with E-state index in [0.717, 1.165) is 25.3 Å². The van der Waals surface area contributed by atoms with Gasteiger partial charge in [-0.2, -0.15) is 0 Å². The maximum atomic E-state index is 13.9. The molecule has 1 aliphatic carbocycles. The van der Waals surface area contributed by atoms with Crippen molar-refractivity contribution in [3.63, 3.8) is 0 Å². The Morgan fingerprint density at radius 1 is 1.25 bits per heavy atom. The lowest BCUT2D eigenvalue weighted by molar-refractivity contribution is 0.0967. The molecule has 1 aromatic rings. The van der Waals surface area contributed by atoms with E-state index in [1.807, 2.05) is 0 Å². The van der Waals surface area contributed by atoms with Crippen molar-refractivity contribution in [1.82, 2.24) is 0 Å². The van der Waals surface area contributed by atoms with Gasteiger partial charge in [0.25, 0.3) is 0 Å². The predicted octanol–water partition coefficient (Wildman–Crippen LogP) is 2.68. The van der Waals surface area contributed by atoms with Crippen LogP contribution in [-0.4, -0.2) is 14.5 Å². The first-order chi connectivity index (χ1) is 9.27. The average molecular weight is 301 g/mol. The molecule has 1 saturated carbocycles. The lowest BCUT2D eigenvalue weighted by Crippen LogP contribution is -2.29. The van der Waals surface area contributed by atoms with Gasteiger partial charge in [-0.05, 0) is 49.3 Å². The summed E-state index contributed by atoms with van der Waals surface area (Å²) in [5.41, 5.74) is 0. The van der Waals surface area contributed by atoms with E-state index in [4.69, 9.17) is 9.88 Å². The lowest BCUT2D eigenvalue weighted by Gasteiger charge is -2.32. The third-order valence-corrected chi connectivity index (χ3v) is 4.99. The number of ether oxygens (including phenoxy) is 1. The average Bonchev–Trinajstić information content (AvgIpc) is 2.35. The van der Waals surface area contributed by atoms with Crippen molar-refractivity contribution in [3.05, 3.63) is 24.0 Å². The quantitative estimate of drug-likeness (QED) is 0.933. The molecule has 0 heterocycles. The number of sulfonamides is 1. The summed E-state index contributed by atoms with van der Waals surface area (Å²) < 4.78 is 41.8. The molecule has 1 aliphatic rings. The van der Waals surface area contributed by atoms with Crippen LogP contribution in [0.4, 0.5) is 4.39 Å². The minimum absolute atomic E-state index is 0.0176. The van der Waals surface area contributed by atoms with Crippen molar-refractivity contribution < 1.29 is 17.5 Å². The van der Waals surface area contributed by atoms with Crippen LogP contribution in [0.1, 0.15) is 33.1 Å². The number of halogens is 1. The fraction of sp³-hybridized carbons (Fsp3) is 0.571. The zero-order valence-electron chi connectivity index (χ0n) is 11.7. The standard InChI is InChI=1S/C14H20FNO3S/c1-9-3-4-11(7-10(9)2)19-14-6-5-12(8-13(14)15)20(16,17)18/h5-6,8-11H,3-4,7H2,1-2H3,(H2,16,17,18). The molecule has 3 atom stereocenters. The molecule has 1 fully saturated rings. The van der Waals surface area contributed by atoms with Gasteiger partial charge in [-0.15, -0.1) is 0 Å². The first-order valence-corrected chi connectivity index (χ1v) is 8.31. The molecule has 112 valence electrons. The Labute approximate surface area is 119 Å². The number of rotatable bonds is 3. The molecule has 0 aromatic heterocycles. The number of hydrogen-bond acceptors (Lipinski definition) is 3. The molecule has 0 bridgehead atoms. The molecule has 3 unspecified atom stereocenters. The number of benzene rings is 1. The van der Waals surface area contributed by atoms with E-state index in [1.54, 1.807) is 0 Å². The van der Waals surface area contributed by atoms with Crippen LogP contribution in [0, 0.1) is 17.7 Å². The number of hydrogen-bond donors (Lipinski definition) is 1. The van der Waals surface area contributed by atoms with E-state index in [2.05, 4.69) is 13.8 Å². The zero-order chi connectivity index (χ0) is 14.9. The summed E-state index contributed by atoms with van der Waals surface area (Å²) in [7, 11) is -3.89. The maximum Gasteiger partial charge on any atom is 0.238 e. The second-order valence-electron chi connectivity index (χ2n) is 5.64. The van der Waals surface area contributed by atoms with E-state index in [-0.39, 0.29) is 16.7 Å². The van der Waals surface area contributed by atoms with Crippen molar-refractivity contribution in [3.8, 4) is 5.75 Å². The highest BCUT2D eigenvalue weighted by Gasteiger charge is 2.26. The van der Waals surface area contributed by atoms with Gasteiger partial charge < -0.3 is 4.74 Å². The third-order valence-electron chi connectivity index (χ3n) is 4.08. The number of primary sulfonamides is 1. The summed E-state index contributed by atoms with van der Waals surface area (Å²) in [5.74, 6) is 0.594. The summed E-state index contributed by atoms with van der Waals surface area (Å²) in [5, 5.41) is 4.96. The van der Waals surface area contributed by atoms with Crippen molar-refractivity contribution >= 4 is 10.0 Å². The first-order valence-electron chi connectivity index (χ1n) is 6.76. The van der Waals surface area contributed by atoms with Crippen molar-refractivity contribution in [2.75, 3.05) is 0 Å². The second kappa shape index (κ2) is 5.69. The van der Waals surface area contributed by atoms with E-state index >= 15 is 0 Å². The van der Waals surface area contributed by atoms with Crippen LogP contribution in [0.5, 0.6) is 5.75 Å². The molecule has 20 heavy (non-hydrogen) atoms. The van der Waals surface area contributed by atoms with Gasteiger partial charge in [0.15, 0.2) is 11.6 Å². The number of nitrogens with two attached hydrogens (primary N) is 1. The molecule has 2 rings (SSSR count). The molecule has 0 spiro atoms. The van der Waals surface area contributed by atoms with Crippen LogP contribution < -0.4 is 9.88 Å². The molecular weight excluding hydrogens is 281 g/mol. The van der Waals surface area contributed by atoms with E-state index in [1.165, 1.54) is 12.1 Å². The van der Waals surface area contributed by atoms with Crippen molar-refractivity contribution in [2.24, 2.45) is 17.0 Å². The van der Waals surface area contributed by atoms with Crippen molar-refractivity contribution in [1.29, 1.82) is 0 Å². The van der Waals surface area contributed by atoms with Gasteiger partial charge in [0.2, 0.25) is 10.0 Å². The zero-order valence-corrected chi connectivity index (χ0v) is 12.5. The molecule has 2 N–H and O–H groups in total. The van der Waals surface area contributed by atoms with Gasteiger partial charge in [0.05, 0.1) is 11.0 Å². The summed E-state index contributed by atoms with van der Waals surface area (Å²) in [4.78, 5) is -0.243. The lowest BCUT2D eigenvalue weighted by atomic mass is 9.80. The highest BCUT2D eigenvalue weighted by Crippen LogP contribution is 2.32. The fourth-order valence-electron chi connectivity index (χ4n) is 2.54. The normalized spacial score (nSPS) is 27.3. The van der Waals surface area contributed by atoms with Gasteiger partial charge in [-0.1, -0.05) is 13.8 Å². The van der Waals surface area contributed by atoms with Gasteiger partial charge in [0.1, 0.15) is 0 Å². The minimum atomic E-state index is -3.89. The van der Waals surface area contributed by atoms with Gasteiger partial charge in [-0.25, -0.2) is 17.9 Å². The smallest absolute Gasteiger partial charge is 0.238 e. The topological polar surface area (TPSA) is 69.4 Å². The Hall–Kier alpha value is -1.14. The van der Waals surface area contributed by atoms with E-state index in [9.17, 15) is 12.8 Å². The Morgan fingerprint density at radius 2 is 1.95 bits per heavy atom. The van der Waals surface area contributed by atoms with E-state index in [0.29, 0.717) is 11.8 Å². The van der Waals surface area contributed by atoms with Gasteiger partial charge in [-0.3, -0.25) is 0 Å². The Kier molecular flexibility index (Phi) is 4.34. The minimum Gasteiger partial charge on any atom is -0.487 e. The van der Waals surface area contributed by atoms with Crippen LogP contribution in [0.15, 0.2) is 23.1 Å². The van der Waals surface area contributed by atoms with Crippen LogP contribution in [-0.2, 0) is 10.0 Å². The van der Waals surface area contributed by atoms with Crippen LogP contribution in [0.25, 0.3) is 0 Å². The maximum absolute atomic E-state index is 13.9. The third kappa shape index (κ3) is 3.49. The molecule has 4 nitrogen and oxygen atoms in total. The second-order valence-corrected chi connectivity index (χ2v) is 7.21. The monoisotopic (exact) mass is 301 g/mol. The SMILES string of the molecule is CC1CCC(Oc2ccc(S(N)(=O)=O)cc2F)CC1C. The largest absolute Gasteiger partial charge is 0.487 e. The fourth-order valence-corrected chi connectivity index (χ4v) is 3.06. The molecule has 6 heteroatoms. The molecular formula is C14H20FNO3S. The molecule has 1 aromatic carbocycles. The van der Waals surface area contributed by atoms with Gasteiger partial charge in [0, 0.05) is 0 Å². The van der Waals surface area contributed by atoms with E-state index < -0.39 is 15.8 Å².